The third-order valence-corrected chi connectivity index (χ3v) is 5.72. The summed E-state index contributed by atoms with van der Waals surface area (Å²) in [5, 5.41) is 9.49. The summed E-state index contributed by atoms with van der Waals surface area (Å²) in [7, 11) is 0. The third kappa shape index (κ3) is 7.11. The number of quaternary nitrogens is 1. The van der Waals surface area contributed by atoms with Crippen LogP contribution in [0.5, 0.6) is 0 Å². The Bertz CT molecular complexity index is 505. The lowest BCUT2D eigenvalue weighted by atomic mass is 9.92. The van der Waals surface area contributed by atoms with E-state index < -0.39 is 5.97 Å². The molecule has 0 saturated carbocycles. The lowest BCUT2D eigenvalue weighted by Crippen LogP contribution is -2.51. The van der Waals surface area contributed by atoms with Crippen LogP contribution >= 0.6 is 0 Å². The van der Waals surface area contributed by atoms with Gasteiger partial charge >= 0.3 is 5.97 Å². The van der Waals surface area contributed by atoms with Crippen molar-refractivity contribution in [3.63, 3.8) is 0 Å². The molecule has 3 nitrogen and oxygen atoms in total. The largest absolute Gasteiger partial charge is 0.478 e. The first kappa shape index (κ1) is 22.7. The molecule has 1 N–H and O–H groups in total. The normalized spacial score (nSPS) is 12.9. The zero-order valence-corrected chi connectivity index (χ0v) is 17.5. The molecular weight excluding hydrogens is 322 g/mol. The Morgan fingerprint density at radius 3 is 1.88 bits per heavy atom. The van der Waals surface area contributed by atoms with Crippen molar-refractivity contribution in [2.75, 3.05) is 26.2 Å². The summed E-state index contributed by atoms with van der Waals surface area (Å²) >= 11 is 0. The van der Waals surface area contributed by atoms with Crippen molar-refractivity contribution in [1.29, 1.82) is 0 Å². The molecule has 0 bridgehead atoms. The lowest BCUT2D eigenvalue weighted by molar-refractivity contribution is -0.929. The predicted octanol–water partition coefficient (Wildman–Crippen LogP) is 6.10. The number of hydrogen-bond donors (Lipinski definition) is 1. The van der Waals surface area contributed by atoms with Gasteiger partial charge in [0.05, 0.1) is 31.7 Å². The van der Waals surface area contributed by atoms with E-state index in [4.69, 9.17) is 0 Å². The molecule has 1 atom stereocenters. The van der Waals surface area contributed by atoms with Crippen LogP contribution in [0.1, 0.15) is 94.5 Å². The molecule has 26 heavy (non-hydrogen) atoms. The number of carbonyl (C=O) groups is 1. The summed E-state index contributed by atoms with van der Waals surface area (Å²) in [6.07, 6.45) is 8.65. The van der Waals surface area contributed by atoms with Crippen LogP contribution in [0.2, 0.25) is 0 Å². The average molecular weight is 363 g/mol. The number of hydrogen-bond acceptors (Lipinski definition) is 1. The van der Waals surface area contributed by atoms with Crippen LogP contribution in [0, 0.1) is 0 Å². The maximum atomic E-state index is 11.5. The van der Waals surface area contributed by atoms with Crippen LogP contribution in [0.15, 0.2) is 24.3 Å². The summed E-state index contributed by atoms with van der Waals surface area (Å²) in [5.41, 5.74) is 1.45. The molecule has 3 heteroatoms. The van der Waals surface area contributed by atoms with E-state index in [9.17, 15) is 9.90 Å². The van der Waals surface area contributed by atoms with Gasteiger partial charge in [-0.05, 0) is 36.8 Å². The number of unbranched alkanes of at least 4 members (excludes halogenated alkanes) is 3. The van der Waals surface area contributed by atoms with Gasteiger partial charge in [0.15, 0.2) is 0 Å². The minimum Gasteiger partial charge on any atom is -0.478 e. The van der Waals surface area contributed by atoms with Crippen LogP contribution in [0.3, 0.4) is 0 Å². The van der Waals surface area contributed by atoms with Gasteiger partial charge < -0.3 is 9.59 Å². The highest BCUT2D eigenvalue weighted by Gasteiger charge is 2.27. The minimum absolute atomic E-state index is 0.282. The fourth-order valence-electron chi connectivity index (χ4n) is 3.90. The van der Waals surface area contributed by atoms with Crippen LogP contribution in [-0.2, 0) is 0 Å². The quantitative estimate of drug-likeness (QED) is 0.406. The van der Waals surface area contributed by atoms with Gasteiger partial charge in [-0.15, -0.1) is 0 Å². The number of rotatable bonds is 14. The number of nitrogens with zero attached hydrogens (tertiary/aromatic N) is 1. The molecule has 0 spiro atoms. The topological polar surface area (TPSA) is 37.3 Å². The predicted molar refractivity (Wildman–Crippen MR) is 111 cm³/mol. The van der Waals surface area contributed by atoms with Gasteiger partial charge in [-0.3, -0.25) is 0 Å². The number of benzene rings is 1. The Labute approximate surface area is 161 Å². The van der Waals surface area contributed by atoms with Gasteiger partial charge in [0.25, 0.3) is 0 Å². The molecule has 1 aromatic carbocycles. The first-order valence-corrected chi connectivity index (χ1v) is 10.7. The molecule has 0 radical (unpaired) electrons. The molecule has 0 saturated heterocycles. The highest BCUT2D eigenvalue weighted by molar-refractivity contribution is 5.89. The average Bonchev–Trinajstić information content (AvgIpc) is 2.66. The molecule has 1 aromatic rings. The van der Waals surface area contributed by atoms with Crippen molar-refractivity contribution in [3.05, 3.63) is 35.4 Å². The van der Waals surface area contributed by atoms with Crippen molar-refractivity contribution in [2.45, 2.75) is 78.6 Å². The molecule has 0 heterocycles. The number of aromatic carboxylic acids is 1. The van der Waals surface area contributed by atoms with E-state index in [2.05, 4.69) is 27.7 Å². The summed E-state index contributed by atoms with van der Waals surface area (Å²) in [6, 6.07) is 7.52. The molecular formula is C23H40NO2+. The maximum Gasteiger partial charge on any atom is 0.335 e. The lowest BCUT2D eigenvalue weighted by Gasteiger charge is -2.40. The smallest absolute Gasteiger partial charge is 0.335 e. The van der Waals surface area contributed by atoms with Gasteiger partial charge in [0.1, 0.15) is 0 Å². The van der Waals surface area contributed by atoms with Crippen LogP contribution < -0.4 is 0 Å². The van der Waals surface area contributed by atoms with Crippen molar-refractivity contribution >= 4 is 5.97 Å². The highest BCUT2D eigenvalue weighted by atomic mass is 16.4. The second-order valence-electron chi connectivity index (χ2n) is 7.88. The van der Waals surface area contributed by atoms with Crippen molar-refractivity contribution in [1.82, 2.24) is 0 Å². The summed E-state index contributed by atoms with van der Waals surface area (Å²) in [4.78, 5) is 11.5. The Morgan fingerprint density at radius 1 is 0.923 bits per heavy atom. The molecule has 1 unspecified atom stereocenters. The fraction of sp³-hybridized carbons (Fsp3) is 0.696. The van der Waals surface area contributed by atoms with Crippen LogP contribution in [-0.4, -0.2) is 41.7 Å². The van der Waals surface area contributed by atoms with Gasteiger partial charge in [0.2, 0.25) is 0 Å². The summed E-state index contributed by atoms with van der Waals surface area (Å²) in [6.45, 7) is 14.0. The van der Waals surface area contributed by atoms with E-state index in [1.54, 1.807) is 6.07 Å². The minimum atomic E-state index is -0.809. The van der Waals surface area contributed by atoms with Crippen molar-refractivity contribution in [2.24, 2.45) is 0 Å². The van der Waals surface area contributed by atoms with Crippen molar-refractivity contribution < 1.29 is 14.4 Å². The van der Waals surface area contributed by atoms with Gasteiger partial charge in [-0.1, -0.05) is 65.2 Å². The maximum absolute atomic E-state index is 11.5. The van der Waals surface area contributed by atoms with E-state index in [1.165, 1.54) is 62.6 Å². The van der Waals surface area contributed by atoms with E-state index in [0.717, 1.165) is 18.5 Å². The summed E-state index contributed by atoms with van der Waals surface area (Å²) in [5.74, 6) is -0.527. The van der Waals surface area contributed by atoms with Gasteiger partial charge in [-0.25, -0.2) is 4.79 Å². The Balaban J connectivity index is 2.90. The zero-order valence-electron chi connectivity index (χ0n) is 17.5. The molecule has 0 aliphatic heterocycles. The second kappa shape index (κ2) is 12.1. The SMILES string of the molecule is CCCC[N+](CCCC)(CCCC)CCC(C)c1ccccc1C(=O)O. The monoisotopic (exact) mass is 362 g/mol. The second-order valence-corrected chi connectivity index (χ2v) is 7.88. The third-order valence-electron chi connectivity index (χ3n) is 5.72. The van der Waals surface area contributed by atoms with E-state index in [1.807, 2.05) is 18.2 Å². The molecule has 0 aromatic heterocycles. The molecule has 0 fully saturated rings. The van der Waals surface area contributed by atoms with Gasteiger partial charge in [0, 0.05) is 6.42 Å². The molecule has 0 aliphatic rings. The highest BCUT2D eigenvalue weighted by Crippen LogP contribution is 2.26. The van der Waals surface area contributed by atoms with Crippen LogP contribution in [0.4, 0.5) is 0 Å². The number of carboxylic acids is 1. The van der Waals surface area contributed by atoms with Crippen LogP contribution in [0.25, 0.3) is 0 Å². The Morgan fingerprint density at radius 2 is 1.42 bits per heavy atom. The molecule has 1 rings (SSSR count). The standard InChI is InChI=1S/C23H39NO2/c1-5-8-16-24(17-9-6-2,18-10-7-3)19-15-20(4)21-13-11-12-14-22(21)23(25)26/h11-14,20H,5-10,15-19H2,1-4H3/p+1. The van der Waals surface area contributed by atoms with E-state index in [0.29, 0.717) is 5.56 Å². The van der Waals surface area contributed by atoms with Crippen molar-refractivity contribution in [3.8, 4) is 0 Å². The Hall–Kier alpha value is -1.35. The van der Waals surface area contributed by atoms with E-state index in [-0.39, 0.29) is 5.92 Å². The van der Waals surface area contributed by atoms with Gasteiger partial charge in [-0.2, -0.15) is 0 Å². The first-order valence-electron chi connectivity index (χ1n) is 10.7. The molecule has 148 valence electrons. The Kier molecular flexibility index (Phi) is 10.6. The molecule has 0 amide bonds. The number of carboxylic acid groups (broad SMARTS) is 1. The first-order chi connectivity index (χ1) is 12.5. The van der Waals surface area contributed by atoms with E-state index >= 15 is 0 Å². The summed E-state index contributed by atoms with van der Waals surface area (Å²) < 4.78 is 1.22. The molecule has 0 aliphatic carbocycles. The zero-order chi connectivity index (χ0) is 19.4. The fourth-order valence-corrected chi connectivity index (χ4v) is 3.90.